The highest BCUT2D eigenvalue weighted by molar-refractivity contribution is 5.78. The zero-order valence-corrected chi connectivity index (χ0v) is 15.3. The van der Waals surface area contributed by atoms with Gasteiger partial charge in [0, 0.05) is 27.2 Å². The molecule has 0 aromatic heterocycles. The highest BCUT2D eigenvalue weighted by Crippen LogP contribution is 1.97. The number of nitrogens with zero attached hydrogens (tertiary/aromatic N) is 4. The first kappa shape index (κ1) is 20.9. The summed E-state index contributed by atoms with van der Waals surface area (Å²) in [4.78, 5) is 31.4. The van der Waals surface area contributed by atoms with Crippen molar-refractivity contribution in [3.05, 3.63) is 0 Å². The van der Waals surface area contributed by atoms with E-state index in [0.29, 0.717) is 19.8 Å². The number of carbonyl (C=O) groups excluding carboxylic acids is 2. The maximum absolute atomic E-state index is 12.0. The summed E-state index contributed by atoms with van der Waals surface area (Å²) in [6, 6.07) is 0. The fraction of sp³-hybridized carbons (Fsp3) is 0.875. The fourth-order valence-corrected chi connectivity index (χ4v) is 2.20. The Hall–Kier alpha value is -1.14. The van der Waals surface area contributed by atoms with Crippen molar-refractivity contribution in [3.8, 4) is 0 Å². The van der Waals surface area contributed by atoms with Gasteiger partial charge in [-0.1, -0.05) is 20.3 Å². The molecule has 0 aliphatic rings. The molecule has 0 atom stereocenters. The van der Waals surface area contributed by atoms with Gasteiger partial charge in [-0.15, -0.1) is 0 Å². The lowest BCUT2D eigenvalue weighted by Gasteiger charge is -2.27. The van der Waals surface area contributed by atoms with Crippen LogP contribution in [0.4, 0.5) is 0 Å². The minimum absolute atomic E-state index is 0.115. The monoisotopic (exact) mass is 314 g/mol. The van der Waals surface area contributed by atoms with Gasteiger partial charge in [0.05, 0.1) is 19.8 Å². The Balaban J connectivity index is 4.11. The largest absolute Gasteiger partial charge is 0.345 e. The molecular formula is C16H34N4O2. The number of likely N-dealkylation sites (N-methyl/N-ethyl adjacent to an activating group) is 4. The van der Waals surface area contributed by atoms with E-state index in [1.165, 1.54) is 0 Å². The lowest BCUT2D eigenvalue weighted by molar-refractivity contribution is -0.132. The van der Waals surface area contributed by atoms with E-state index in [4.69, 9.17) is 0 Å². The number of carbonyl (C=O) groups is 2. The van der Waals surface area contributed by atoms with Crippen LogP contribution < -0.4 is 0 Å². The van der Waals surface area contributed by atoms with Gasteiger partial charge in [-0.25, -0.2) is 0 Å². The van der Waals surface area contributed by atoms with E-state index in [-0.39, 0.29) is 11.8 Å². The molecular weight excluding hydrogens is 280 g/mol. The van der Waals surface area contributed by atoms with Crippen LogP contribution >= 0.6 is 0 Å². The van der Waals surface area contributed by atoms with Crippen LogP contribution in [0.3, 0.4) is 0 Å². The molecule has 22 heavy (non-hydrogen) atoms. The molecule has 130 valence electrons. The molecule has 0 aromatic rings. The third kappa shape index (κ3) is 9.00. The van der Waals surface area contributed by atoms with Crippen LogP contribution in [-0.2, 0) is 9.59 Å². The SMILES string of the molecule is CCCCN(C)C(=O)CN(C)CN(C)CC(=O)N(C)CCC. The van der Waals surface area contributed by atoms with Crippen molar-refractivity contribution in [3.63, 3.8) is 0 Å². The molecule has 0 rings (SSSR count). The van der Waals surface area contributed by atoms with E-state index in [9.17, 15) is 9.59 Å². The van der Waals surface area contributed by atoms with Gasteiger partial charge >= 0.3 is 0 Å². The van der Waals surface area contributed by atoms with Crippen molar-refractivity contribution in [2.24, 2.45) is 0 Å². The summed E-state index contributed by atoms with van der Waals surface area (Å²) in [7, 11) is 7.48. The molecule has 0 saturated carbocycles. The van der Waals surface area contributed by atoms with Crippen molar-refractivity contribution in [2.45, 2.75) is 33.1 Å². The minimum atomic E-state index is 0.115. The van der Waals surface area contributed by atoms with E-state index in [1.807, 2.05) is 38.0 Å². The normalized spacial score (nSPS) is 11.1. The number of rotatable bonds is 11. The predicted molar refractivity (Wildman–Crippen MR) is 90.6 cm³/mol. The van der Waals surface area contributed by atoms with Gasteiger partial charge in [-0.3, -0.25) is 19.4 Å². The van der Waals surface area contributed by atoms with Gasteiger partial charge in [-0.2, -0.15) is 0 Å². The summed E-state index contributed by atoms with van der Waals surface area (Å²) >= 11 is 0. The van der Waals surface area contributed by atoms with Crippen LogP contribution in [-0.4, -0.2) is 92.5 Å². The van der Waals surface area contributed by atoms with Crippen molar-refractivity contribution < 1.29 is 9.59 Å². The van der Waals surface area contributed by atoms with E-state index in [2.05, 4.69) is 13.8 Å². The molecule has 0 radical (unpaired) electrons. The van der Waals surface area contributed by atoms with Gasteiger partial charge in [-0.05, 0) is 26.9 Å². The predicted octanol–water partition coefficient (Wildman–Crippen LogP) is 0.934. The van der Waals surface area contributed by atoms with Gasteiger partial charge in [0.1, 0.15) is 0 Å². The van der Waals surface area contributed by atoms with E-state index in [1.54, 1.807) is 9.80 Å². The average molecular weight is 314 g/mol. The first-order chi connectivity index (χ1) is 10.3. The summed E-state index contributed by atoms with van der Waals surface area (Å²) in [5.41, 5.74) is 0. The minimum Gasteiger partial charge on any atom is -0.345 e. The molecule has 0 heterocycles. The van der Waals surface area contributed by atoms with Crippen molar-refractivity contribution in [1.82, 2.24) is 19.6 Å². The Bertz CT molecular complexity index is 336. The summed E-state index contributed by atoms with van der Waals surface area (Å²) in [6.07, 6.45) is 3.08. The standard InChI is InChI=1S/C16H34N4O2/c1-7-9-11-20(6)16(22)13-18(4)14-17(3)12-15(21)19(5)10-8-2/h7-14H2,1-6H3. The molecule has 0 aliphatic carbocycles. The van der Waals surface area contributed by atoms with Gasteiger partial charge in [0.25, 0.3) is 0 Å². The molecule has 0 N–H and O–H groups in total. The lowest BCUT2D eigenvalue weighted by atomic mass is 10.3. The van der Waals surface area contributed by atoms with Crippen LogP contribution in [0.15, 0.2) is 0 Å². The Labute approximate surface area is 136 Å². The zero-order valence-electron chi connectivity index (χ0n) is 15.3. The maximum Gasteiger partial charge on any atom is 0.236 e. The molecule has 0 fully saturated rings. The van der Waals surface area contributed by atoms with Crippen LogP contribution in [0.25, 0.3) is 0 Å². The summed E-state index contributed by atoms with van der Waals surface area (Å²) < 4.78 is 0. The number of hydrogen-bond donors (Lipinski definition) is 0. The molecule has 0 saturated heterocycles. The molecule has 6 nitrogen and oxygen atoms in total. The Kier molecular flexibility index (Phi) is 10.8. The third-order valence-corrected chi connectivity index (χ3v) is 3.55. The second-order valence-electron chi connectivity index (χ2n) is 6.15. The molecule has 0 aromatic carbocycles. The van der Waals surface area contributed by atoms with Crippen molar-refractivity contribution in [2.75, 3.05) is 61.0 Å². The van der Waals surface area contributed by atoms with Gasteiger partial charge in [0.2, 0.25) is 11.8 Å². The highest BCUT2D eigenvalue weighted by Gasteiger charge is 2.15. The number of unbranched alkanes of at least 4 members (excludes halogenated alkanes) is 1. The summed E-state index contributed by atoms with van der Waals surface area (Å²) in [5.74, 6) is 0.239. The highest BCUT2D eigenvalue weighted by atomic mass is 16.2. The number of amides is 2. The second-order valence-corrected chi connectivity index (χ2v) is 6.15. The van der Waals surface area contributed by atoms with Crippen LogP contribution in [0.1, 0.15) is 33.1 Å². The van der Waals surface area contributed by atoms with Crippen molar-refractivity contribution in [1.29, 1.82) is 0 Å². The Morgan fingerprint density at radius 1 is 0.727 bits per heavy atom. The van der Waals surface area contributed by atoms with Gasteiger partial charge < -0.3 is 9.80 Å². The molecule has 0 unspecified atom stereocenters. The molecule has 0 aliphatic heterocycles. The zero-order chi connectivity index (χ0) is 17.1. The molecule has 2 amide bonds. The second kappa shape index (κ2) is 11.4. The van der Waals surface area contributed by atoms with Crippen LogP contribution in [0, 0.1) is 0 Å². The topological polar surface area (TPSA) is 47.1 Å². The Morgan fingerprint density at radius 2 is 1.18 bits per heavy atom. The van der Waals surface area contributed by atoms with E-state index >= 15 is 0 Å². The maximum atomic E-state index is 12.0. The van der Waals surface area contributed by atoms with Gasteiger partial charge in [0.15, 0.2) is 0 Å². The first-order valence-electron chi connectivity index (χ1n) is 8.16. The van der Waals surface area contributed by atoms with E-state index in [0.717, 1.165) is 32.4 Å². The first-order valence-corrected chi connectivity index (χ1v) is 8.16. The summed E-state index contributed by atoms with van der Waals surface area (Å²) in [5, 5.41) is 0. The quantitative estimate of drug-likeness (QED) is 0.533. The molecule has 0 spiro atoms. The van der Waals surface area contributed by atoms with Crippen LogP contribution in [0.2, 0.25) is 0 Å². The lowest BCUT2D eigenvalue weighted by Crippen LogP contribution is -2.44. The average Bonchev–Trinajstić information content (AvgIpc) is 2.44. The molecule has 0 bridgehead atoms. The number of hydrogen-bond acceptors (Lipinski definition) is 4. The summed E-state index contributed by atoms with van der Waals surface area (Å²) in [6.45, 7) is 7.11. The van der Waals surface area contributed by atoms with E-state index < -0.39 is 0 Å². The fourth-order valence-electron chi connectivity index (χ4n) is 2.20. The van der Waals surface area contributed by atoms with Crippen molar-refractivity contribution >= 4 is 11.8 Å². The smallest absolute Gasteiger partial charge is 0.236 e. The Morgan fingerprint density at radius 3 is 1.59 bits per heavy atom. The molecule has 6 heteroatoms. The third-order valence-electron chi connectivity index (χ3n) is 3.55. The van der Waals surface area contributed by atoms with Crippen LogP contribution in [0.5, 0.6) is 0 Å².